The highest BCUT2D eigenvalue weighted by Crippen LogP contribution is 2.52. The fourth-order valence-corrected chi connectivity index (χ4v) is 5.40. The van der Waals surface area contributed by atoms with Crippen LogP contribution in [-0.4, -0.2) is 85.9 Å². The Balaban J connectivity index is 1.22. The number of hydrogen-bond donors (Lipinski definition) is 1. The van der Waals surface area contributed by atoms with Crippen molar-refractivity contribution in [3.05, 3.63) is 36.4 Å². The molecule has 1 N–H and O–H groups in total. The number of fused-ring (bicyclic) bond motifs is 1. The average Bonchev–Trinajstić information content (AvgIpc) is 3.44. The van der Waals surface area contributed by atoms with Gasteiger partial charge in [-0.25, -0.2) is 0 Å². The minimum atomic E-state index is -0.665. The van der Waals surface area contributed by atoms with Gasteiger partial charge in [0.05, 0.1) is 44.3 Å². The predicted molar refractivity (Wildman–Crippen MR) is 118 cm³/mol. The van der Waals surface area contributed by atoms with Gasteiger partial charge in [0.2, 0.25) is 11.8 Å². The zero-order valence-corrected chi connectivity index (χ0v) is 18.5. The third-order valence-electron chi connectivity index (χ3n) is 6.92. The first-order valence-corrected chi connectivity index (χ1v) is 11.6. The maximum absolute atomic E-state index is 13.3. The number of nitrogens with zero attached hydrogens (tertiary/aromatic N) is 2. The van der Waals surface area contributed by atoms with Crippen molar-refractivity contribution in [3.8, 4) is 5.75 Å². The van der Waals surface area contributed by atoms with E-state index in [9.17, 15) is 9.59 Å². The van der Waals surface area contributed by atoms with Crippen molar-refractivity contribution in [2.75, 3.05) is 57.9 Å². The number of hydrogen-bond acceptors (Lipinski definition) is 6. The minimum Gasteiger partial charge on any atom is -0.494 e. The molecule has 1 spiro atoms. The first-order valence-electron chi connectivity index (χ1n) is 11.6. The van der Waals surface area contributed by atoms with Crippen molar-refractivity contribution in [2.24, 2.45) is 11.8 Å². The molecule has 8 heteroatoms. The molecule has 4 aliphatic rings. The van der Waals surface area contributed by atoms with Gasteiger partial charge in [0.25, 0.3) is 0 Å². The van der Waals surface area contributed by atoms with Crippen LogP contribution < -0.4 is 10.1 Å². The topological polar surface area (TPSA) is 80.3 Å². The van der Waals surface area contributed by atoms with Crippen LogP contribution in [0.2, 0.25) is 0 Å². The molecule has 32 heavy (non-hydrogen) atoms. The van der Waals surface area contributed by atoms with Crippen molar-refractivity contribution in [3.63, 3.8) is 0 Å². The molecule has 0 aromatic heterocycles. The van der Waals surface area contributed by atoms with Crippen LogP contribution >= 0.6 is 0 Å². The summed E-state index contributed by atoms with van der Waals surface area (Å²) in [6, 6.07) is 7.29. The molecule has 0 aliphatic carbocycles. The van der Waals surface area contributed by atoms with Gasteiger partial charge in [0, 0.05) is 31.9 Å². The molecule has 4 atom stereocenters. The molecular formula is C24H31N3O5. The highest BCUT2D eigenvalue weighted by Gasteiger charge is 2.66. The molecule has 5 rings (SSSR count). The lowest BCUT2D eigenvalue weighted by Crippen LogP contribution is -2.41. The number of amides is 2. The van der Waals surface area contributed by atoms with Gasteiger partial charge in [0.1, 0.15) is 11.4 Å². The minimum absolute atomic E-state index is 0.0330. The Kier molecular flexibility index (Phi) is 5.92. The standard InChI is InChI=1S/C24H31N3O5/c1-2-31-18-6-4-17(5-7-18)25-22(28)20-19-8-9-24(32-19)16-27(23(29)21(20)24)11-3-10-26-12-14-30-15-13-26/h4-9,19-21H,2-3,10-16H2,1H3,(H,25,28)/t19-,20+,21-,24-/m0/s1. The number of likely N-dealkylation sites (tertiary alicyclic amines) is 1. The van der Waals surface area contributed by atoms with E-state index >= 15 is 0 Å². The number of ether oxygens (including phenoxy) is 3. The van der Waals surface area contributed by atoms with Gasteiger partial charge in [-0.3, -0.25) is 14.5 Å². The Morgan fingerprint density at radius 2 is 2.00 bits per heavy atom. The summed E-state index contributed by atoms with van der Waals surface area (Å²) in [4.78, 5) is 30.8. The summed E-state index contributed by atoms with van der Waals surface area (Å²) in [5.74, 6) is -0.342. The zero-order valence-electron chi connectivity index (χ0n) is 18.5. The van der Waals surface area contributed by atoms with E-state index in [1.165, 1.54) is 0 Å². The van der Waals surface area contributed by atoms with Crippen LogP contribution in [0.25, 0.3) is 0 Å². The second kappa shape index (κ2) is 8.84. The first-order chi connectivity index (χ1) is 15.6. The molecular weight excluding hydrogens is 410 g/mol. The van der Waals surface area contributed by atoms with Crippen LogP contribution in [0.5, 0.6) is 5.75 Å². The summed E-state index contributed by atoms with van der Waals surface area (Å²) in [6.45, 7) is 8.13. The molecule has 8 nitrogen and oxygen atoms in total. The lowest BCUT2D eigenvalue weighted by atomic mass is 9.77. The second-order valence-corrected chi connectivity index (χ2v) is 8.91. The summed E-state index contributed by atoms with van der Waals surface area (Å²) in [5, 5.41) is 2.97. The maximum Gasteiger partial charge on any atom is 0.231 e. The molecule has 0 saturated carbocycles. The largest absolute Gasteiger partial charge is 0.494 e. The van der Waals surface area contributed by atoms with E-state index in [2.05, 4.69) is 10.2 Å². The maximum atomic E-state index is 13.3. The Morgan fingerprint density at radius 1 is 1.22 bits per heavy atom. The lowest BCUT2D eigenvalue weighted by molar-refractivity contribution is -0.135. The summed E-state index contributed by atoms with van der Waals surface area (Å²) >= 11 is 0. The number of carbonyl (C=O) groups is 2. The zero-order chi connectivity index (χ0) is 22.1. The molecule has 2 bridgehead atoms. The fraction of sp³-hybridized carbons (Fsp3) is 0.583. The smallest absolute Gasteiger partial charge is 0.231 e. The Bertz CT molecular complexity index is 882. The van der Waals surface area contributed by atoms with E-state index in [1.807, 2.05) is 48.2 Å². The molecule has 0 unspecified atom stereocenters. The molecule has 2 amide bonds. The van der Waals surface area contributed by atoms with Crippen molar-refractivity contribution in [2.45, 2.75) is 25.0 Å². The summed E-state index contributed by atoms with van der Waals surface area (Å²) in [6.07, 6.45) is 4.51. The van der Waals surface area contributed by atoms with E-state index in [4.69, 9.17) is 14.2 Å². The molecule has 3 fully saturated rings. The van der Waals surface area contributed by atoms with Crippen molar-refractivity contribution in [1.82, 2.24) is 9.80 Å². The Morgan fingerprint density at radius 3 is 2.75 bits per heavy atom. The molecule has 4 aliphatic heterocycles. The third-order valence-corrected chi connectivity index (χ3v) is 6.92. The number of morpholine rings is 1. The van der Waals surface area contributed by atoms with Gasteiger partial charge in [-0.15, -0.1) is 0 Å². The normalized spacial score (nSPS) is 31.2. The highest BCUT2D eigenvalue weighted by molar-refractivity contribution is 5.99. The van der Waals surface area contributed by atoms with E-state index in [0.29, 0.717) is 25.4 Å². The van der Waals surface area contributed by atoms with Gasteiger partial charge in [-0.2, -0.15) is 0 Å². The monoisotopic (exact) mass is 441 g/mol. The predicted octanol–water partition coefficient (Wildman–Crippen LogP) is 1.53. The fourth-order valence-electron chi connectivity index (χ4n) is 5.40. The van der Waals surface area contributed by atoms with Gasteiger partial charge >= 0.3 is 0 Å². The SMILES string of the molecule is CCOc1ccc(NC(=O)[C@@H]2[C@@H]3C=C[C@@]4(CN(CCCN5CCOCC5)C(=O)[C@H]24)O3)cc1. The van der Waals surface area contributed by atoms with Crippen molar-refractivity contribution < 1.29 is 23.8 Å². The summed E-state index contributed by atoms with van der Waals surface area (Å²) in [7, 11) is 0. The van der Waals surface area contributed by atoms with Crippen LogP contribution in [0.15, 0.2) is 36.4 Å². The van der Waals surface area contributed by atoms with Crippen LogP contribution in [0, 0.1) is 11.8 Å². The van der Waals surface area contributed by atoms with Gasteiger partial charge in [0.15, 0.2) is 0 Å². The van der Waals surface area contributed by atoms with Crippen molar-refractivity contribution >= 4 is 17.5 Å². The highest BCUT2D eigenvalue weighted by atomic mass is 16.5. The number of nitrogens with one attached hydrogen (secondary N) is 1. The summed E-state index contributed by atoms with van der Waals surface area (Å²) in [5.41, 5.74) is 0.0220. The van der Waals surface area contributed by atoms with Gasteiger partial charge in [-0.05, 0) is 37.6 Å². The number of rotatable bonds is 8. The van der Waals surface area contributed by atoms with Gasteiger partial charge < -0.3 is 24.4 Å². The second-order valence-electron chi connectivity index (χ2n) is 8.91. The molecule has 1 aromatic rings. The lowest BCUT2D eigenvalue weighted by Gasteiger charge is -2.27. The number of carbonyl (C=O) groups excluding carboxylic acids is 2. The Hall–Kier alpha value is -2.42. The average molecular weight is 442 g/mol. The van der Waals surface area contributed by atoms with Crippen LogP contribution in [0.1, 0.15) is 13.3 Å². The molecule has 4 heterocycles. The molecule has 1 aromatic carbocycles. The van der Waals surface area contributed by atoms with E-state index in [-0.39, 0.29) is 17.9 Å². The summed E-state index contributed by atoms with van der Waals surface area (Å²) < 4.78 is 17.1. The molecule has 172 valence electrons. The van der Waals surface area contributed by atoms with Gasteiger partial charge in [-0.1, -0.05) is 12.2 Å². The Labute approximate surface area is 188 Å². The van der Waals surface area contributed by atoms with E-state index in [1.54, 1.807) is 0 Å². The van der Waals surface area contributed by atoms with Crippen LogP contribution in [0.3, 0.4) is 0 Å². The van der Waals surface area contributed by atoms with Crippen molar-refractivity contribution in [1.29, 1.82) is 0 Å². The van der Waals surface area contributed by atoms with E-state index in [0.717, 1.165) is 45.0 Å². The third kappa shape index (κ3) is 3.91. The quantitative estimate of drug-likeness (QED) is 0.617. The van der Waals surface area contributed by atoms with Crippen LogP contribution in [0.4, 0.5) is 5.69 Å². The number of anilines is 1. The molecule has 3 saturated heterocycles. The number of benzene rings is 1. The van der Waals surface area contributed by atoms with E-state index < -0.39 is 17.4 Å². The molecule has 0 radical (unpaired) electrons. The van der Waals surface area contributed by atoms with Crippen LogP contribution in [-0.2, 0) is 19.1 Å². The first kappa shape index (κ1) is 21.4.